The maximum absolute atomic E-state index is 11.6. The predicted octanol–water partition coefficient (Wildman–Crippen LogP) is 3.38. The summed E-state index contributed by atoms with van der Waals surface area (Å²) in [5, 5.41) is 2.82. The topological polar surface area (TPSA) is 45.2 Å². The molecule has 114 valence electrons. The van der Waals surface area contributed by atoms with Crippen LogP contribution in [-0.4, -0.2) is 17.4 Å². The zero-order valence-corrected chi connectivity index (χ0v) is 12.9. The van der Waals surface area contributed by atoms with Gasteiger partial charge >= 0.3 is 0 Å². The molecular weight excluding hydrogens is 274 g/mol. The Bertz CT molecular complexity index is 652. The van der Waals surface area contributed by atoms with Gasteiger partial charge in [-0.15, -0.1) is 0 Å². The first-order valence-corrected chi connectivity index (χ1v) is 7.84. The van der Waals surface area contributed by atoms with E-state index in [1.165, 1.54) is 11.1 Å². The molecule has 0 saturated heterocycles. The minimum atomic E-state index is 0.0228. The van der Waals surface area contributed by atoms with Crippen molar-refractivity contribution < 1.29 is 4.79 Å². The first kappa shape index (κ1) is 14.6. The molecule has 4 nitrogen and oxygen atoms in total. The van der Waals surface area contributed by atoms with Crippen LogP contribution in [0.1, 0.15) is 30.9 Å². The Kier molecular flexibility index (Phi) is 4.37. The Morgan fingerprint density at radius 3 is 2.77 bits per heavy atom. The number of amides is 1. The van der Waals surface area contributed by atoms with Crippen LogP contribution in [0.4, 0.5) is 11.5 Å². The lowest BCUT2D eigenvalue weighted by Gasteiger charge is -2.30. The summed E-state index contributed by atoms with van der Waals surface area (Å²) in [6, 6.07) is 12.5. The lowest BCUT2D eigenvalue weighted by Crippen LogP contribution is -2.30. The molecule has 1 aromatic heterocycles. The van der Waals surface area contributed by atoms with Crippen LogP contribution in [0.15, 0.2) is 42.6 Å². The zero-order valence-electron chi connectivity index (χ0n) is 12.9. The molecule has 0 bridgehead atoms. The van der Waals surface area contributed by atoms with Crippen LogP contribution in [0.25, 0.3) is 0 Å². The third kappa shape index (κ3) is 3.27. The Morgan fingerprint density at radius 1 is 1.23 bits per heavy atom. The van der Waals surface area contributed by atoms with E-state index in [0.29, 0.717) is 12.2 Å². The molecule has 0 radical (unpaired) electrons. The molecule has 2 aromatic rings. The average molecular weight is 295 g/mol. The molecule has 4 heteroatoms. The van der Waals surface area contributed by atoms with Gasteiger partial charge in [0.15, 0.2) is 0 Å². The van der Waals surface area contributed by atoms with Gasteiger partial charge in [-0.3, -0.25) is 4.79 Å². The fraction of sp³-hybridized carbons (Fsp3) is 0.333. The fourth-order valence-electron chi connectivity index (χ4n) is 2.80. The number of hydrogen-bond acceptors (Lipinski definition) is 3. The van der Waals surface area contributed by atoms with Gasteiger partial charge in [-0.25, -0.2) is 4.98 Å². The number of anilines is 2. The molecule has 2 heterocycles. The van der Waals surface area contributed by atoms with Crippen LogP contribution in [0.2, 0.25) is 0 Å². The number of rotatable bonds is 4. The van der Waals surface area contributed by atoms with E-state index in [2.05, 4.69) is 39.5 Å². The van der Waals surface area contributed by atoms with Crippen molar-refractivity contribution >= 4 is 17.4 Å². The highest BCUT2D eigenvalue weighted by Gasteiger charge is 2.16. The smallest absolute Gasteiger partial charge is 0.225 e. The van der Waals surface area contributed by atoms with E-state index >= 15 is 0 Å². The van der Waals surface area contributed by atoms with E-state index < -0.39 is 0 Å². The predicted molar refractivity (Wildman–Crippen MR) is 89.0 cm³/mol. The second-order valence-corrected chi connectivity index (χ2v) is 5.64. The lowest BCUT2D eigenvalue weighted by atomic mass is 10.00. The van der Waals surface area contributed by atoms with E-state index in [0.717, 1.165) is 31.6 Å². The SMILES string of the molecule is CCCC(=O)Nc1ccc(N2CCc3ccccc3C2)cn1. The molecule has 1 N–H and O–H groups in total. The highest BCUT2D eigenvalue weighted by atomic mass is 16.1. The number of carbonyl (C=O) groups excluding carboxylic acids is 1. The molecule has 1 amide bonds. The van der Waals surface area contributed by atoms with Crippen LogP contribution in [0.3, 0.4) is 0 Å². The van der Waals surface area contributed by atoms with Crippen molar-refractivity contribution in [1.29, 1.82) is 0 Å². The summed E-state index contributed by atoms with van der Waals surface area (Å²) in [5.41, 5.74) is 3.92. The Morgan fingerprint density at radius 2 is 2.05 bits per heavy atom. The van der Waals surface area contributed by atoms with Gasteiger partial charge < -0.3 is 10.2 Å². The van der Waals surface area contributed by atoms with Crippen molar-refractivity contribution in [2.24, 2.45) is 0 Å². The third-order valence-corrected chi connectivity index (χ3v) is 3.99. The Labute approximate surface area is 131 Å². The van der Waals surface area contributed by atoms with Crippen molar-refractivity contribution in [3.8, 4) is 0 Å². The van der Waals surface area contributed by atoms with E-state index in [1.807, 2.05) is 25.3 Å². The van der Waals surface area contributed by atoms with Gasteiger partial charge in [-0.05, 0) is 36.1 Å². The standard InChI is InChI=1S/C18H21N3O/c1-2-5-18(22)20-17-9-8-16(12-19-17)21-11-10-14-6-3-4-7-15(14)13-21/h3-4,6-9,12H,2,5,10-11,13H2,1H3,(H,19,20,22). The van der Waals surface area contributed by atoms with Crippen LogP contribution < -0.4 is 10.2 Å². The van der Waals surface area contributed by atoms with Crippen molar-refractivity contribution in [2.45, 2.75) is 32.7 Å². The number of nitrogens with zero attached hydrogens (tertiary/aromatic N) is 2. The largest absolute Gasteiger partial charge is 0.366 e. The van der Waals surface area contributed by atoms with Gasteiger partial charge in [-0.1, -0.05) is 31.2 Å². The van der Waals surface area contributed by atoms with Gasteiger partial charge in [0.1, 0.15) is 5.82 Å². The normalized spacial score (nSPS) is 13.6. The summed E-state index contributed by atoms with van der Waals surface area (Å²) < 4.78 is 0. The summed E-state index contributed by atoms with van der Waals surface area (Å²) in [4.78, 5) is 18.3. The molecule has 0 saturated carbocycles. The summed E-state index contributed by atoms with van der Waals surface area (Å²) in [7, 11) is 0. The molecular formula is C18H21N3O. The summed E-state index contributed by atoms with van der Waals surface area (Å²) in [6.45, 7) is 3.91. The fourth-order valence-corrected chi connectivity index (χ4v) is 2.80. The number of aromatic nitrogens is 1. The average Bonchev–Trinajstić information content (AvgIpc) is 2.55. The van der Waals surface area contributed by atoms with Gasteiger partial charge in [0.2, 0.25) is 5.91 Å². The molecule has 0 atom stereocenters. The molecule has 0 fully saturated rings. The quantitative estimate of drug-likeness (QED) is 0.940. The molecule has 22 heavy (non-hydrogen) atoms. The van der Waals surface area contributed by atoms with Gasteiger partial charge in [0, 0.05) is 19.5 Å². The highest BCUT2D eigenvalue weighted by Crippen LogP contribution is 2.24. The van der Waals surface area contributed by atoms with Crippen LogP contribution >= 0.6 is 0 Å². The Hall–Kier alpha value is -2.36. The van der Waals surface area contributed by atoms with E-state index in [4.69, 9.17) is 0 Å². The monoisotopic (exact) mass is 295 g/mol. The Balaban J connectivity index is 1.68. The number of nitrogens with one attached hydrogen (secondary N) is 1. The minimum Gasteiger partial charge on any atom is -0.366 e. The number of benzene rings is 1. The summed E-state index contributed by atoms with van der Waals surface area (Å²) >= 11 is 0. The zero-order chi connectivity index (χ0) is 15.4. The van der Waals surface area contributed by atoms with Crippen molar-refractivity contribution in [3.63, 3.8) is 0 Å². The van der Waals surface area contributed by atoms with E-state index in [1.54, 1.807) is 0 Å². The van der Waals surface area contributed by atoms with Crippen LogP contribution in [0, 0.1) is 0 Å². The van der Waals surface area contributed by atoms with Crippen LogP contribution in [-0.2, 0) is 17.8 Å². The first-order valence-electron chi connectivity index (χ1n) is 7.84. The van der Waals surface area contributed by atoms with E-state index in [9.17, 15) is 4.79 Å². The molecule has 0 aliphatic carbocycles. The molecule has 0 unspecified atom stereocenters. The van der Waals surface area contributed by atoms with Gasteiger partial charge in [0.25, 0.3) is 0 Å². The number of hydrogen-bond donors (Lipinski definition) is 1. The van der Waals surface area contributed by atoms with Gasteiger partial charge in [-0.2, -0.15) is 0 Å². The maximum atomic E-state index is 11.6. The van der Waals surface area contributed by atoms with Crippen molar-refractivity contribution in [1.82, 2.24) is 4.98 Å². The third-order valence-electron chi connectivity index (χ3n) is 3.99. The maximum Gasteiger partial charge on any atom is 0.225 e. The molecule has 0 spiro atoms. The van der Waals surface area contributed by atoms with E-state index in [-0.39, 0.29) is 5.91 Å². The summed E-state index contributed by atoms with van der Waals surface area (Å²) in [5.74, 6) is 0.647. The number of pyridine rings is 1. The molecule has 1 aliphatic rings. The molecule has 1 aliphatic heterocycles. The second kappa shape index (κ2) is 6.60. The van der Waals surface area contributed by atoms with Gasteiger partial charge in [0.05, 0.1) is 11.9 Å². The van der Waals surface area contributed by atoms with Crippen molar-refractivity contribution in [3.05, 3.63) is 53.7 Å². The molecule has 3 rings (SSSR count). The molecule has 1 aromatic carbocycles. The number of carbonyl (C=O) groups is 1. The van der Waals surface area contributed by atoms with Crippen LogP contribution in [0.5, 0.6) is 0 Å². The second-order valence-electron chi connectivity index (χ2n) is 5.64. The highest BCUT2D eigenvalue weighted by molar-refractivity contribution is 5.89. The minimum absolute atomic E-state index is 0.0228. The lowest BCUT2D eigenvalue weighted by molar-refractivity contribution is -0.116. The number of fused-ring (bicyclic) bond motifs is 1. The van der Waals surface area contributed by atoms with Crippen molar-refractivity contribution in [2.75, 3.05) is 16.8 Å². The summed E-state index contributed by atoms with van der Waals surface area (Å²) in [6.07, 6.45) is 4.28. The first-order chi connectivity index (χ1) is 10.8.